The summed E-state index contributed by atoms with van der Waals surface area (Å²) in [5.41, 5.74) is 7.96. The Balaban J connectivity index is 1.70. The van der Waals surface area contributed by atoms with E-state index in [-0.39, 0.29) is 17.1 Å². The van der Waals surface area contributed by atoms with E-state index in [0.717, 1.165) is 0 Å². The van der Waals surface area contributed by atoms with Crippen molar-refractivity contribution >= 4 is 23.4 Å². The quantitative estimate of drug-likeness (QED) is 0.326. The van der Waals surface area contributed by atoms with Crippen molar-refractivity contribution < 1.29 is 13.6 Å². The molecule has 10 heteroatoms. The van der Waals surface area contributed by atoms with Crippen molar-refractivity contribution in [2.75, 3.05) is 16.4 Å². The van der Waals surface area contributed by atoms with E-state index in [9.17, 15) is 13.6 Å². The van der Waals surface area contributed by atoms with Gasteiger partial charge in [0.25, 0.3) is 0 Å². The molecule has 0 bridgehead atoms. The second-order valence-corrected chi connectivity index (χ2v) is 8.67. The number of anilines is 3. The first-order valence-corrected chi connectivity index (χ1v) is 10.4. The highest BCUT2D eigenvalue weighted by molar-refractivity contribution is 6.00. The monoisotopic (exact) mass is 463 g/mol. The van der Waals surface area contributed by atoms with Crippen LogP contribution < -0.4 is 16.4 Å². The van der Waals surface area contributed by atoms with E-state index in [1.165, 1.54) is 42.6 Å². The average Bonchev–Trinajstić information content (AvgIpc) is 3.21. The highest BCUT2D eigenvalue weighted by Gasteiger charge is 2.24. The molecule has 0 spiro atoms. The van der Waals surface area contributed by atoms with E-state index in [0.29, 0.717) is 34.2 Å². The van der Waals surface area contributed by atoms with Crippen molar-refractivity contribution in [1.82, 2.24) is 19.9 Å². The fourth-order valence-electron chi connectivity index (χ4n) is 3.26. The maximum atomic E-state index is 14.6. The highest BCUT2D eigenvalue weighted by Crippen LogP contribution is 2.34. The fraction of sp³-hybridized carbons (Fsp3) is 0.167. The summed E-state index contributed by atoms with van der Waals surface area (Å²) in [5, 5.41) is 5.17. The lowest BCUT2D eigenvalue weighted by Crippen LogP contribution is -2.19. The minimum atomic E-state index is -0.607. The first-order valence-electron chi connectivity index (χ1n) is 10.4. The third-order valence-electron chi connectivity index (χ3n) is 4.88. The van der Waals surface area contributed by atoms with E-state index < -0.39 is 17.7 Å². The molecule has 0 atom stereocenters. The van der Waals surface area contributed by atoms with Gasteiger partial charge in [0.1, 0.15) is 17.5 Å². The number of amides is 2. The van der Waals surface area contributed by atoms with Gasteiger partial charge >= 0.3 is 6.03 Å². The van der Waals surface area contributed by atoms with E-state index in [1.54, 1.807) is 12.1 Å². The lowest BCUT2D eigenvalue weighted by Gasteiger charge is -2.14. The Hall–Kier alpha value is -4.34. The van der Waals surface area contributed by atoms with Gasteiger partial charge in [-0.05, 0) is 48.5 Å². The van der Waals surface area contributed by atoms with Crippen LogP contribution in [-0.4, -0.2) is 26.0 Å². The number of H-pyrrole nitrogens is 1. The van der Waals surface area contributed by atoms with Crippen molar-refractivity contribution in [3.8, 4) is 22.6 Å². The number of halogens is 2. The number of nitrogens with two attached hydrogens (primary N) is 1. The SMILES string of the molecule is CC(C)(C)c1nc(-c2cc(F)cc(NC(=O)Nc3ccc(F)cc3)c2)c(-c2ccnc(N)n2)[nH]1. The Bertz CT molecular complexity index is 1340. The number of urea groups is 1. The Kier molecular flexibility index (Phi) is 5.97. The lowest BCUT2D eigenvalue weighted by atomic mass is 9.96. The zero-order valence-electron chi connectivity index (χ0n) is 18.8. The molecule has 0 saturated carbocycles. The third-order valence-corrected chi connectivity index (χ3v) is 4.88. The van der Waals surface area contributed by atoms with Crippen molar-refractivity contribution in [3.05, 3.63) is 72.2 Å². The molecule has 34 heavy (non-hydrogen) atoms. The second-order valence-electron chi connectivity index (χ2n) is 8.67. The van der Waals surface area contributed by atoms with Crippen LogP contribution >= 0.6 is 0 Å². The van der Waals surface area contributed by atoms with Gasteiger partial charge in [-0.15, -0.1) is 0 Å². The molecular weight excluding hydrogens is 440 g/mol. The highest BCUT2D eigenvalue weighted by atomic mass is 19.1. The Morgan fingerprint density at radius 1 is 0.941 bits per heavy atom. The first kappa shape index (κ1) is 22.8. The predicted octanol–water partition coefficient (Wildman–Crippen LogP) is 5.34. The molecular formula is C24H23F2N7O. The summed E-state index contributed by atoms with van der Waals surface area (Å²) in [6.45, 7) is 5.98. The van der Waals surface area contributed by atoms with E-state index in [1.807, 2.05) is 20.8 Å². The third kappa shape index (κ3) is 5.17. The minimum Gasteiger partial charge on any atom is -0.368 e. The summed E-state index contributed by atoms with van der Waals surface area (Å²) in [6, 6.07) is 10.5. The number of imidazole rings is 1. The van der Waals surface area contributed by atoms with E-state index in [4.69, 9.17) is 10.7 Å². The van der Waals surface area contributed by atoms with Crippen LogP contribution in [0.1, 0.15) is 26.6 Å². The van der Waals surface area contributed by atoms with Gasteiger partial charge in [-0.3, -0.25) is 0 Å². The number of hydrogen-bond acceptors (Lipinski definition) is 5. The Morgan fingerprint density at radius 2 is 1.65 bits per heavy atom. The number of nitrogens with zero attached hydrogens (tertiary/aromatic N) is 3. The molecule has 174 valence electrons. The van der Waals surface area contributed by atoms with Crippen molar-refractivity contribution in [2.45, 2.75) is 26.2 Å². The molecule has 0 aliphatic rings. The molecule has 0 aliphatic carbocycles. The van der Waals surface area contributed by atoms with Crippen LogP contribution in [0.25, 0.3) is 22.6 Å². The number of carbonyl (C=O) groups is 1. The normalized spacial score (nSPS) is 11.3. The standard InChI is InChI=1S/C24H23F2N7O/c1-24(2,3)21-32-19(20(33-21)18-8-9-28-22(27)31-18)13-10-15(26)12-17(11-13)30-23(34)29-16-6-4-14(25)5-7-16/h4-12H,1-3H3,(H,32,33)(H2,27,28,31)(H2,29,30,34). The topological polar surface area (TPSA) is 122 Å². The molecule has 5 N–H and O–H groups in total. The maximum Gasteiger partial charge on any atom is 0.323 e. The number of aromatic nitrogens is 4. The van der Waals surface area contributed by atoms with E-state index >= 15 is 0 Å². The molecule has 8 nitrogen and oxygen atoms in total. The molecule has 2 aromatic carbocycles. The molecule has 2 amide bonds. The number of rotatable bonds is 4. The van der Waals surface area contributed by atoms with Gasteiger partial charge in [0, 0.05) is 28.6 Å². The zero-order valence-corrected chi connectivity index (χ0v) is 18.8. The zero-order chi connectivity index (χ0) is 24.5. The number of nitrogen functional groups attached to an aromatic ring is 1. The van der Waals surface area contributed by atoms with Gasteiger partial charge in [-0.2, -0.15) is 0 Å². The van der Waals surface area contributed by atoms with Crippen LogP contribution in [0.5, 0.6) is 0 Å². The molecule has 0 unspecified atom stereocenters. The maximum absolute atomic E-state index is 14.6. The fourth-order valence-corrected chi connectivity index (χ4v) is 3.26. The van der Waals surface area contributed by atoms with Crippen LogP contribution in [0.2, 0.25) is 0 Å². The summed E-state index contributed by atoms with van der Waals surface area (Å²) in [4.78, 5) is 28.6. The van der Waals surface area contributed by atoms with Crippen LogP contribution in [-0.2, 0) is 5.41 Å². The molecule has 0 radical (unpaired) electrons. The van der Waals surface area contributed by atoms with Crippen LogP contribution in [0, 0.1) is 11.6 Å². The molecule has 4 rings (SSSR count). The van der Waals surface area contributed by atoms with Crippen LogP contribution in [0.15, 0.2) is 54.7 Å². The van der Waals surface area contributed by atoms with Crippen molar-refractivity contribution in [3.63, 3.8) is 0 Å². The lowest BCUT2D eigenvalue weighted by molar-refractivity contribution is 0.262. The average molecular weight is 463 g/mol. The number of nitrogens with one attached hydrogen (secondary N) is 3. The molecule has 0 saturated heterocycles. The van der Waals surface area contributed by atoms with Gasteiger partial charge in [0.2, 0.25) is 5.95 Å². The summed E-state index contributed by atoms with van der Waals surface area (Å²) in [6.07, 6.45) is 1.53. The summed E-state index contributed by atoms with van der Waals surface area (Å²) >= 11 is 0. The number of carbonyl (C=O) groups excluding carboxylic acids is 1. The van der Waals surface area contributed by atoms with E-state index in [2.05, 4.69) is 25.6 Å². The minimum absolute atomic E-state index is 0.0921. The molecule has 0 fully saturated rings. The van der Waals surface area contributed by atoms with Gasteiger partial charge < -0.3 is 21.4 Å². The molecule has 2 aromatic heterocycles. The van der Waals surface area contributed by atoms with Gasteiger partial charge in [0.05, 0.1) is 17.1 Å². The molecule has 0 aliphatic heterocycles. The summed E-state index contributed by atoms with van der Waals surface area (Å²) < 4.78 is 27.7. The molecule has 4 aromatic rings. The first-order chi connectivity index (χ1) is 16.1. The smallest absolute Gasteiger partial charge is 0.323 e. The molecule has 2 heterocycles. The predicted molar refractivity (Wildman–Crippen MR) is 127 cm³/mol. The van der Waals surface area contributed by atoms with Gasteiger partial charge in [0.15, 0.2) is 0 Å². The number of aromatic amines is 1. The number of hydrogen-bond donors (Lipinski definition) is 4. The Morgan fingerprint density at radius 3 is 2.32 bits per heavy atom. The summed E-state index contributed by atoms with van der Waals surface area (Å²) in [5.74, 6) is -0.226. The van der Waals surface area contributed by atoms with Crippen LogP contribution in [0.4, 0.5) is 30.9 Å². The van der Waals surface area contributed by atoms with Crippen molar-refractivity contribution in [1.29, 1.82) is 0 Å². The number of benzene rings is 2. The largest absolute Gasteiger partial charge is 0.368 e. The van der Waals surface area contributed by atoms with Crippen LogP contribution in [0.3, 0.4) is 0 Å². The van der Waals surface area contributed by atoms with Gasteiger partial charge in [-0.1, -0.05) is 20.8 Å². The summed E-state index contributed by atoms with van der Waals surface area (Å²) in [7, 11) is 0. The van der Waals surface area contributed by atoms with Crippen molar-refractivity contribution in [2.24, 2.45) is 0 Å². The Labute approximate surface area is 194 Å². The van der Waals surface area contributed by atoms with Gasteiger partial charge in [-0.25, -0.2) is 28.5 Å². The second kappa shape index (κ2) is 8.89.